The Morgan fingerprint density at radius 2 is 2.31 bits per heavy atom. The molecule has 0 fully saturated rings. The SMILES string of the molecule is CN(CCC(=O)O)C(=O)NCc1ccco1. The molecular formula is C10H14N2O4. The molecule has 0 aliphatic carbocycles. The van der Waals surface area contributed by atoms with Crippen LogP contribution in [0.2, 0.25) is 0 Å². The summed E-state index contributed by atoms with van der Waals surface area (Å²) in [6.45, 7) is 0.475. The first-order chi connectivity index (χ1) is 7.59. The largest absolute Gasteiger partial charge is 0.481 e. The zero-order valence-corrected chi connectivity index (χ0v) is 8.97. The van der Waals surface area contributed by atoms with Crippen LogP contribution in [0.4, 0.5) is 4.79 Å². The second-order valence-corrected chi connectivity index (χ2v) is 3.30. The minimum absolute atomic E-state index is 0.0648. The predicted molar refractivity (Wildman–Crippen MR) is 55.8 cm³/mol. The van der Waals surface area contributed by atoms with E-state index in [1.165, 1.54) is 11.2 Å². The molecule has 0 unspecified atom stereocenters. The van der Waals surface area contributed by atoms with Crippen LogP contribution in [-0.2, 0) is 11.3 Å². The van der Waals surface area contributed by atoms with Crippen LogP contribution in [0.1, 0.15) is 12.2 Å². The molecule has 0 atom stereocenters. The summed E-state index contributed by atoms with van der Waals surface area (Å²) in [4.78, 5) is 23.0. The van der Waals surface area contributed by atoms with E-state index in [1.54, 1.807) is 19.2 Å². The van der Waals surface area contributed by atoms with Crippen molar-refractivity contribution < 1.29 is 19.1 Å². The van der Waals surface area contributed by atoms with Crippen LogP contribution in [0, 0.1) is 0 Å². The number of carbonyl (C=O) groups excluding carboxylic acids is 1. The summed E-state index contributed by atoms with van der Waals surface area (Å²) in [5.41, 5.74) is 0. The van der Waals surface area contributed by atoms with E-state index in [1.807, 2.05) is 0 Å². The Morgan fingerprint density at radius 3 is 2.88 bits per heavy atom. The van der Waals surface area contributed by atoms with E-state index in [2.05, 4.69) is 5.32 Å². The number of urea groups is 1. The van der Waals surface area contributed by atoms with Gasteiger partial charge in [-0.3, -0.25) is 4.79 Å². The van der Waals surface area contributed by atoms with E-state index in [9.17, 15) is 9.59 Å². The number of nitrogens with one attached hydrogen (secondary N) is 1. The molecule has 0 saturated heterocycles. The van der Waals surface area contributed by atoms with Crippen molar-refractivity contribution in [3.8, 4) is 0 Å². The first-order valence-corrected chi connectivity index (χ1v) is 4.82. The molecule has 6 heteroatoms. The lowest BCUT2D eigenvalue weighted by atomic mass is 10.4. The molecule has 2 amide bonds. The lowest BCUT2D eigenvalue weighted by Gasteiger charge is -2.16. The van der Waals surface area contributed by atoms with Crippen molar-refractivity contribution in [3.05, 3.63) is 24.2 Å². The molecule has 1 aromatic rings. The van der Waals surface area contributed by atoms with Gasteiger partial charge >= 0.3 is 12.0 Å². The molecule has 0 spiro atoms. The number of hydrogen-bond acceptors (Lipinski definition) is 3. The first kappa shape index (κ1) is 12.1. The lowest BCUT2D eigenvalue weighted by Crippen LogP contribution is -2.37. The Kier molecular flexibility index (Phi) is 4.38. The summed E-state index contributed by atoms with van der Waals surface area (Å²) in [6, 6.07) is 3.16. The minimum atomic E-state index is -0.925. The van der Waals surface area contributed by atoms with Gasteiger partial charge in [0.25, 0.3) is 0 Å². The van der Waals surface area contributed by atoms with Gasteiger partial charge in [-0.05, 0) is 12.1 Å². The van der Waals surface area contributed by atoms with Crippen molar-refractivity contribution in [3.63, 3.8) is 0 Å². The molecule has 2 N–H and O–H groups in total. The van der Waals surface area contributed by atoms with Gasteiger partial charge in [0.15, 0.2) is 0 Å². The van der Waals surface area contributed by atoms with Crippen LogP contribution in [-0.4, -0.2) is 35.6 Å². The molecule has 0 aliphatic rings. The Hall–Kier alpha value is -1.98. The summed E-state index contributed by atoms with van der Waals surface area (Å²) in [6.07, 6.45) is 1.46. The molecule has 0 aliphatic heterocycles. The quantitative estimate of drug-likeness (QED) is 0.781. The topological polar surface area (TPSA) is 82.8 Å². The number of carbonyl (C=O) groups is 2. The van der Waals surface area contributed by atoms with Gasteiger partial charge in [0.05, 0.1) is 19.2 Å². The third-order valence-corrected chi connectivity index (χ3v) is 2.00. The average molecular weight is 226 g/mol. The fraction of sp³-hybridized carbons (Fsp3) is 0.400. The highest BCUT2D eigenvalue weighted by Gasteiger charge is 2.09. The van der Waals surface area contributed by atoms with Crippen molar-refractivity contribution in [2.45, 2.75) is 13.0 Å². The van der Waals surface area contributed by atoms with Gasteiger partial charge in [-0.25, -0.2) is 4.79 Å². The number of carboxylic acids is 1. The maximum absolute atomic E-state index is 11.4. The predicted octanol–water partition coefficient (Wildman–Crippen LogP) is 0.896. The standard InChI is InChI=1S/C10H14N2O4/c1-12(5-4-9(13)14)10(15)11-7-8-3-2-6-16-8/h2-3,6H,4-5,7H2,1H3,(H,11,15)(H,13,14). The summed E-state index contributed by atoms with van der Waals surface area (Å²) < 4.78 is 5.03. The summed E-state index contributed by atoms with van der Waals surface area (Å²) >= 11 is 0. The number of rotatable bonds is 5. The van der Waals surface area contributed by atoms with Crippen LogP contribution in [0.5, 0.6) is 0 Å². The van der Waals surface area contributed by atoms with Gasteiger partial charge in [-0.2, -0.15) is 0 Å². The molecule has 1 heterocycles. The summed E-state index contributed by atoms with van der Waals surface area (Å²) in [5.74, 6) is -0.273. The van der Waals surface area contributed by atoms with Crippen molar-refractivity contribution in [2.75, 3.05) is 13.6 Å². The van der Waals surface area contributed by atoms with E-state index in [0.717, 1.165) is 0 Å². The van der Waals surface area contributed by atoms with Crippen LogP contribution in [0.25, 0.3) is 0 Å². The van der Waals surface area contributed by atoms with Crippen molar-refractivity contribution in [2.24, 2.45) is 0 Å². The number of amides is 2. The van der Waals surface area contributed by atoms with Crippen molar-refractivity contribution >= 4 is 12.0 Å². The average Bonchev–Trinajstić information content (AvgIpc) is 2.75. The summed E-state index contributed by atoms with van der Waals surface area (Å²) in [5, 5.41) is 11.1. The Morgan fingerprint density at radius 1 is 1.56 bits per heavy atom. The normalized spacial score (nSPS) is 9.81. The molecule has 88 valence electrons. The maximum Gasteiger partial charge on any atom is 0.317 e. The van der Waals surface area contributed by atoms with E-state index < -0.39 is 5.97 Å². The van der Waals surface area contributed by atoms with Crippen LogP contribution < -0.4 is 5.32 Å². The van der Waals surface area contributed by atoms with Gasteiger partial charge in [-0.1, -0.05) is 0 Å². The van der Waals surface area contributed by atoms with Crippen LogP contribution >= 0.6 is 0 Å². The second-order valence-electron chi connectivity index (χ2n) is 3.30. The Bertz CT molecular complexity index is 348. The molecular weight excluding hydrogens is 212 g/mol. The molecule has 0 radical (unpaired) electrons. The highest BCUT2D eigenvalue weighted by Crippen LogP contribution is 1.99. The highest BCUT2D eigenvalue weighted by molar-refractivity contribution is 5.74. The third-order valence-electron chi connectivity index (χ3n) is 2.00. The van der Waals surface area contributed by atoms with E-state index in [4.69, 9.17) is 9.52 Å². The molecule has 16 heavy (non-hydrogen) atoms. The summed E-state index contributed by atoms with van der Waals surface area (Å²) in [7, 11) is 1.54. The minimum Gasteiger partial charge on any atom is -0.481 e. The second kappa shape index (κ2) is 5.79. The lowest BCUT2D eigenvalue weighted by molar-refractivity contribution is -0.137. The Balaban J connectivity index is 2.26. The molecule has 1 rings (SSSR count). The van der Waals surface area contributed by atoms with Crippen molar-refractivity contribution in [1.82, 2.24) is 10.2 Å². The monoisotopic (exact) mass is 226 g/mol. The van der Waals surface area contributed by atoms with E-state index in [0.29, 0.717) is 12.3 Å². The van der Waals surface area contributed by atoms with E-state index >= 15 is 0 Å². The zero-order chi connectivity index (χ0) is 12.0. The van der Waals surface area contributed by atoms with Gasteiger partial charge in [0.1, 0.15) is 5.76 Å². The van der Waals surface area contributed by atoms with Crippen molar-refractivity contribution in [1.29, 1.82) is 0 Å². The number of carboxylic acid groups (broad SMARTS) is 1. The number of aliphatic carboxylic acids is 1. The van der Waals surface area contributed by atoms with E-state index in [-0.39, 0.29) is 19.0 Å². The Labute approximate surface area is 92.8 Å². The fourth-order valence-electron chi connectivity index (χ4n) is 1.08. The van der Waals surface area contributed by atoms with Crippen LogP contribution in [0.15, 0.2) is 22.8 Å². The van der Waals surface area contributed by atoms with Gasteiger partial charge in [-0.15, -0.1) is 0 Å². The smallest absolute Gasteiger partial charge is 0.317 e. The van der Waals surface area contributed by atoms with Gasteiger partial charge in [0, 0.05) is 13.6 Å². The zero-order valence-electron chi connectivity index (χ0n) is 8.97. The molecule has 0 saturated carbocycles. The molecule has 6 nitrogen and oxygen atoms in total. The third kappa shape index (κ3) is 4.04. The van der Waals surface area contributed by atoms with Gasteiger partial charge in [0.2, 0.25) is 0 Å². The number of furan rings is 1. The number of nitrogens with zero attached hydrogens (tertiary/aromatic N) is 1. The fourth-order valence-corrected chi connectivity index (χ4v) is 1.08. The highest BCUT2D eigenvalue weighted by atomic mass is 16.4. The van der Waals surface area contributed by atoms with Gasteiger partial charge < -0.3 is 19.7 Å². The number of hydrogen-bond donors (Lipinski definition) is 2. The first-order valence-electron chi connectivity index (χ1n) is 4.82. The molecule has 0 bridgehead atoms. The molecule has 1 aromatic heterocycles. The molecule has 0 aromatic carbocycles. The van der Waals surface area contributed by atoms with Crippen LogP contribution in [0.3, 0.4) is 0 Å². The maximum atomic E-state index is 11.4.